The van der Waals surface area contributed by atoms with Gasteiger partial charge in [0.2, 0.25) is 0 Å². The van der Waals surface area contributed by atoms with E-state index >= 15 is 0 Å². The van der Waals surface area contributed by atoms with Crippen LogP contribution in [-0.2, 0) is 5.41 Å². The molecule has 2 aromatic rings. The SMILES string of the molecule is CCC[C@H]1CC[C@](c2ccccc2)(c2ccc(C#N)cc2)CC1. The molecule has 0 aromatic heterocycles. The lowest BCUT2D eigenvalue weighted by molar-refractivity contribution is 0.254. The highest BCUT2D eigenvalue weighted by molar-refractivity contribution is 5.42. The van der Waals surface area contributed by atoms with Crippen molar-refractivity contribution in [2.75, 3.05) is 0 Å². The van der Waals surface area contributed by atoms with E-state index in [0.29, 0.717) is 0 Å². The van der Waals surface area contributed by atoms with Crippen molar-refractivity contribution in [3.63, 3.8) is 0 Å². The Labute approximate surface area is 140 Å². The molecule has 0 unspecified atom stereocenters. The van der Waals surface area contributed by atoms with Gasteiger partial charge in [0, 0.05) is 5.41 Å². The highest BCUT2D eigenvalue weighted by atomic mass is 14.4. The third kappa shape index (κ3) is 3.17. The van der Waals surface area contributed by atoms with Gasteiger partial charge in [-0.1, -0.05) is 62.2 Å². The predicted octanol–water partition coefficient (Wildman–Crippen LogP) is 5.83. The molecule has 1 saturated carbocycles. The van der Waals surface area contributed by atoms with Gasteiger partial charge in [-0.05, 0) is 54.9 Å². The van der Waals surface area contributed by atoms with Crippen LogP contribution in [0.1, 0.15) is 62.1 Å². The van der Waals surface area contributed by atoms with Gasteiger partial charge in [0.1, 0.15) is 0 Å². The van der Waals surface area contributed by atoms with Crippen molar-refractivity contribution < 1.29 is 0 Å². The van der Waals surface area contributed by atoms with Gasteiger partial charge in [-0.2, -0.15) is 5.26 Å². The lowest BCUT2D eigenvalue weighted by Crippen LogP contribution is -2.33. The normalized spacial score (nSPS) is 24.1. The van der Waals surface area contributed by atoms with Crippen molar-refractivity contribution in [2.45, 2.75) is 50.9 Å². The lowest BCUT2D eigenvalue weighted by Gasteiger charge is -2.41. The van der Waals surface area contributed by atoms with Gasteiger partial charge >= 0.3 is 0 Å². The monoisotopic (exact) mass is 303 g/mol. The van der Waals surface area contributed by atoms with Crippen LogP contribution in [0, 0.1) is 17.2 Å². The predicted molar refractivity (Wildman–Crippen MR) is 95.2 cm³/mol. The van der Waals surface area contributed by atoms with Crippen LogP contribution in [0.4, 0.5) is 0 Å². The van der Waals surface area contributed by atoms with Gasteiger partial charge in [-0.15, -0.1) is 0 Å². The Morgan fingerprint density at radius 3 is 2.13 bits per heavy atom. The zero-order chi connectivity index (χ0) is 16.1. The van der Waals surface area contributed by atoms with E-state index in [1.54, 1.807) is 0 Å². The largest absolute Gasteiger partial charge is 0.192 e. The summed E-state index contributed by atoms with van der Waals surface area (Å²) in [5, 5.41) is 9.06. The number of rotatable bonds is 4. The first-order valence-corrected chi connectivity index (χ1v) is 8.84. The van der Waals surface area contributed by atoms with Crippen molar-refractivity contribution in [3.8, 4) is 6.07 Å². The van der Waals surface area contributed by atoms with Crippen LogP contribution in [0.2, 0.25) is 0 Å². The van der Waals surface area contributed by atoms with E-state index in [9.17, 15) is 0 Å². The highest BCUT2D eigenvalue weighted by Gasteiger charge is 2.37. The number of nitriles is 1. The van der Waals surface area contributed by atoms with Gasteiger partial charge in [-0.3, -0.25) is 0 Å². The van der Waals surface area contributed by atoms with Gasteiger partial charge in [0.15, 0.2) is 0 Å². The molecule has 1 nitrogen and oxygen atoms in total. The maximum Gasteiger partial charge on any atom is 0.0991 e. The second kappa shape index (κ2) is 7.01. The zero-order valence-corrected chi connectivity index (χ0v) is 14.0. The molecule has 1 heteroatoms. The van der Waals surface area contributed by atoms with Crippen LogP contribution < -0.4 is 0 Å². The fourth-order valence-electron chi connectivity index (χ4n) is 4.23. The summed E-state index contributed by atoms with van der Waals surface area (Å²) in [6, 6.07) is 21.5. The summed E-state index contributed by atoms with van der Waals surface area (Å²) in [4.78, 5) is 0. The molecule has 3 rings (SSSR count). The molecular weight excluding hydrogens is 278 g/mol. The molecule has 0 bridgehead atoms. The van der Waals surface area contributed by atoms with Crippen LogP contribution in [-0.4, -0.2) is 0 Å². The molecule has 0 atom stereocenters. The van der Waals surface area contributed by atoms with Crippen LogP contribution >= 0.6 is 0 Å². The summed E-state index contributed by atoms with van der Waals surface area (Å²) in [6.45, 7) is 2.29. The van der Waals surface area contributed by atoms with Crippen LogP contribution in [0.25, 0.3) is 0 Å². The summed E-state index contributed by atoms with van der Waals surface area (Å²) in [6.07, 6.45) is 7.70. The smallest absolute Gasteiger partial charge is 0.0991 e. The fourth-order valence-corrected chi connectivity index (χ4v) is 4.23. The van der Waals surface area contributed by atoms with Crippen LogP contribution in [0.15, 0.2) is 54.6 Å². The van der Waals surface area contributed by atoms with Crippen molar-refractivity contribution in [1.82, 2.24) is 0 Å². The van der Waals surface area contributed by atoms with Crippen molar-refractivity contribution in [3.05, 3.63) is 71.3 Å². The standard InChI is InChI=1S/C22H25N/c1-2-6-18-13-15-22(16-14-18,20-7-4-3-5-8-20)21-11-9-19(17-23)10-12-21/h3-5,7-12,18H,2,6,13-16H2,1H3/t18-,22-. The molecule has 0 spiro atoms. The third-order valence-electron chi connectivity index (χ3n) is 5.55. The van der Waals surface area contributed by atoms with Crippen molar-refractivity contribution in [2.24, 2.45) is 5.92 Å². The quantitative estimate of drug-likeness (QED) is 0.696. The molecule has 1 aliphatic rings. The average Bonchev–Trinajstić information content (AvgIpc) is 2.64. The van der Waals surface area contributed by atoms with Crippen LogP contribution in [0.5, 0.6) is 0 Å². The first-order chi connectivity index (χ1) is 11.3. The Hall–Kier alpha value is -2.07. The Morgan fingerprint density at radius 2 is 1.57 bits per heavy atom. The molecule has 0 heterocycles. The minimum Gasteiger partial charge on any atom is -0.192 e. The summed E-state index contributed by atoms with van der Waals surface area (Å²) >= 11 is 0. The topological polar surface area (TPSA) is 23.8 Å². The van der Waals surface area contributed by atoms with Crippen molar-refractivity contribution in [1.29, 1.82) is 5.26 Å². The first-order valence-electron chi connectivity index (χ1n) is 8.84. The molecule has 1 aliphatic carbocycles. The molecule has 0 amide bonds. The Balaban J connectivity index is 1.96. The molecule has 118 valence electrons. The maximum absolute atomic E-state index is 9.06. The minimum absolute atomic E-state index is 0.124. The number of benzene rings is 2. The highest BCUT2D eigenvalue weighted by Crippen LogP contribution is 2.47. The molecule has 0 N–H and O–H groups in total. The van der Waals surface area contributed by atoms with E-state index in [0.717, 1.165) is 11.5 Å². The summed E-state index contributed by atoms with van der Waals surface area (Å²) in [5.74, 6) is 0.884. The second-order valence-corrected chi connectivity index (χ2v) is 6.87. The number of nitrogens with zero attached hydrogens (tertiary/aromatic N) is 1. The van der Waals surface area contributed by atoms with Crippen molar-refractivity contribution >= 4 is 0 Å². The van der Waals surface area contributed by atoms with Gasteiger partial charge in [0.25, 0.3) is 0 Å². The first kappa shape index (κ1) is 15.8. The Morgan fingerprint density at radius 1 is 0.957 bits per heavy atom. The molecule has 0 aliphatic heterocycles. The fraction of sp³-hybridized carbons (Fsp3) is 0.409. The second-order valence-electron chi connectivity index (χ2n) is 6.87. The molecular formula is C22H25N. The minimum atomic E-state index is 0.124. The van der Waals surface area contributed by atoms with Gasteiger partial charge in [0.05, 0.1) is 11.6 Å². The molecule has 0 saturated heterocycles. The van der Waals surface area contributed by atoms with E-state index in [-0.39, 0.29) is 5.41 Å². The molecule has 0 radical (unpaired) electrons. The van der Waals surface area contributed by atoms with E-state index in [1.165, 1.54) is 49.7 Å². The average molecular weight is 303 g/mol. The summed E-state index contributed by atoms with van der Waals surface area (Å²) in [7, 11) is 0. The van der Waals surface area contributed by atoms with E-state index in [4.69, 9.17) is 5.26 Å². The van der Waals surface area contributed by atoms with Crippen LogP contribution in [0.3, 0.4) is 0 Å². The van der Waals surface area contributed by atoms with Gasteiger partial charge < -0.3 is 0 Å². The summed E-state index contributed by atoms with van der Waals surface area (Å²) < 4.78 is 0. The Kier molecular flexibility index (Phi) is 4.82. The Bertz CT molecular complexity index is 655. The number of hydrogen-bond donors (Lipinski definition) is 0. The van der Waals surface area contributed by atoms with E-state index in [2.05, 4.69) is 55.5 Å². The van der Waals surface area contributed by atoms with E-state index < -0.39 is 0 Å². The van der Waals surface area contributed by atoms with Gasteiger partial charge in [-0.25, -0.2) is 0 Å². The molecule has 2 aromatic carbocycles. The number of hydrogen-bond acceptors (Lipinski definition) is 1. The lowest BCUT2D eigenvalue weighted by atomic mass is 9.62. The molecule has 23 heavy (non-hydrogen) atoms. The van der Waals surface area contributed by atoms with E-state index in [1.807, 2.05) is 12.1 Å². The molecule has 1 fully saturated rings. The summed E-state index contributed by atoms with van der Waals surface area (Å²) in [5.41, 5.74) is 3.67. The zero-order valence-electron chi connectivity index (χ0n) is 14.0. The third-order valence-corrected chi connectivity index (χ3v) is 5.55. The maximum atomic E-state index is 9.06.